The lowest BCUT2D eigenvalue weighted by molar-refractivity contribution is 0.414. The van der Waals surface area contributed by atoms with Gasteiger partial charge in [-0.15, -0.1) is 0 Å². The number of hydrogen-bond donors (Lipinski definition) is 0. The maximum Gasteiger partial charge on any atom is 0.317 e. The molecule has 2 rings (SSSR count). The fraction of sp³-hybridized carbons (Fsp3) is 0.294. The van der Waals surface area contributed by atoms with E-state index in [1.54, 1.807) is 19.2 Å². The topological polar surface area (TPSA) is 55.7 Å². The molecule has 0 aromatic heterocycles. The van der Waals surface area contributed by atoms with Crippen molar-refractivity contribution in [3.05, 3.63) is 54.6 Å². The fourth-order valence-electron chi connectivity index (χ4n) is 2.05. The quantitative estimate of drug-likeness (QED) is 0.704. The van der Waals surface area contributed by atoms with E-state index in [2.05, 4.69) is 11.1 Å². The van der Waals surface area contributed by atoms with Crippen LogP contribution in [0.1, 0.15) is 19.8 Å². The van der Waals surface area contributed by atoms with Crippen LogP contribution in [0.25, 0.3) is 0 Å². The molecule has 0 amide bonds. The number of sulfonamides is 1. The van der Waals surface area contributed by atoms with Gasteiger partial charge in [-0.25, -0.2) is 0 Å². The summed E-state index contributed by atoms with van der Waals surface area (Å²) in [4.78, 5) is 0.207. The fourth-order valence-corrected chi connectivity index (χ4v) is 6.04. The van der Waals surface area contributed by atoms with Crippen molar-refractivity contribution in [3.8, 4) is 5.75 Å². The minimum Gasteiger partial charge on any atom is -0.497 e. The third kappa shape index (κ3) is 4.88. The standard InChI is InChI=1S/C17H21NO3PS/c1-3-4-14-22(16-8-6-5-7-9-16)18-23(19,20)17-12-10-15(21-2)11-13-17/h5-13H,3-4,14H2,1-2H3/q+1. The zero-order chi connectivity index (χ0) is 16.7. The molecule has 0 spiro atoms. The molecule has 2 aromatic carbocycles. The monoisotopic (exact) mass is 350 g/mol. The number of rotatable bonds is 7. The summed E-state index contributed by atoms with van der Waals surface area (Å²) < 4.78 is 34.5. The van der Waals surface area contributed by atoms with Crippen molar-refractivity contribution >= 4 is 23.0 Å². The van der Waals surface area contributed by atoms with E-state index in [-0.39, 0.29) is 4.90 Å². The summed E-state index contributed by atoms with van der Waals surface area (Å²) in [6.45, 7) is 2.09. The second kappa shape index (κ2) is 8.23. The van der Waals surface area contributed by atoms with Gasteiger partial charge in [-0.3, -0.25) is 0 Å². The third-order valence-electron chi connectivity index (χ3n) is 3.34. The highest BCUT2D eigenvalue weighted by molar-refractivity contribution is 7.93. The molecule has 23 heavy (non-hydrogen) atoms. The lowest BCUT2D eigenvalue weighted by Crippen LogP contribution is -2.02. The predicted molar refractivity (Wildman–Crippen MR) is 95.4 cm³/mol. The van der Waals surface area contributed by atoms with Crippen molar-refractivity contribution in [2.45, 2.75) is 24.7 Å². The number of unbranched alkanes of at least 4 members (excludes halogenated alkanes) is 1. The Hall–Kier alpha value is -1.71. The Morgan fingerprint density at radius 1 is 1.04 bits per heavy atom. The van der Waals surface area contributed by atoms with E-state index < -0.39 is 17.7 Å². The molecule has 0 aliphatic carbocycles. The number of benzene rings is 2. The molecule has 0 aliphatic rings. The molecule has 1 unspecified atom stereocenters. The highest BCUT2D eigenvalue weighted by Gasteiger charge is 2.24. The molecule has 2 aromatic rings. The largest absolute Gasteiger partial charge is 0.497 e. The average Bonchev–Trinajstić information content (AvgIpc) is 2.59. The highest BCUT2D eigenvalue weighted by atomic mass is 32.2. The normalized spacial score (nSPS) is 12.2. The second-order valence-electron chi connectivity index (χ2n) is 5.04. The van der Waals surface area contributed by atoms with Gasteiger partial charge in [0.1, 0.15) is 11.9 Å². The molecule has 0 N–H and O–H groups in total. The number of methoxy groups -OCH3 is 1. The van der Waals surface area contributed by atoms with Crippen molar-refractivity contribution < 1.29 is 13.2 Å². The van der Waals surface area contributed by atoms with Crippen molar-refractivity contribution in [1.82, 2.24) is 0 Å². The van der Waals surface area contributed by atoms with Crippen LogP contribution in [0.2, 0.25) is 0 Å². The van der Waals surface area contributed by atoms with Crippen LogP contribution in [0.5, 0.6) is 5.75 Å². The van der Waals surface area contributed by atoms with Gasteiger partial charge in [0.2, 0.25) is 0 Å². The maximum absolute atomic E-state index is 12.6. The minimum atomic E-state index is -3.66. The summed E-state index contributed by atoms with van der Waals surface area (Å²) in [5, 5.41) is 0.994. The Morgan fingerprint density at radius 3 is 2.26 bits per heavy atom. The average molecular weight is 350 g/mol. The molecule has 4 nitrogen and oxygen atoms in total. The van der Waals surface area contributed by atoms with E-state index in [0.29, 0.717) is 5.75 Å². The predicted octanol–water partition coefficient (Wildman–Crippen LogP) is 4.18. The van der Waals surface area contributed by atoms with Gasteiger partial charge < -0.3 is 4.74 Å². The van der Waals surface area contributed by atoms with E-state index in [9.17, 15) is 8.42 Å². The van der Waals surface area contributed by atoms with Crippen molar-refractivity contribution in [3.63, 3.8) is 0 Å². The van der Waals surface area contributed by atoms with E-state index in [1.807, 2.05) is 30.3 Å². The molecule has 0 saturated heterocycles. The smallest absolute Gasteiger partial charge is 0.317 e. The first kappa shape index (κ1) is 17.6. The lowest BCUT2D eigenvalue weighted by atomic mass is 10.3. The molecule has 122 valence electrons. The zero-order valence-electron chi connectivity index (χ0n) is 13.3. The van der Waals surface area contributed by atoms with Crippen LogP contribution in [0.4, 0.5) is 0 Å². The SMILES string of the molecule is CCCC[P+](=NS(=O)(=O)c1ccc(OC)cc1)c1ccccc1. The van der Waals surface area contributed by atoms with Crippen LogP contribution >= 0.6 is 7.71 Å². The van der Waals surface area contributed by atoms with E-state index in [1.165, 1.54) is 12.1 Å². The molecular weight excluding hydrogens is 329 g/mol. The number of hydrogen-bond acceptors (Lipinski definition) is 3. The zero-order valence-corrected chi connectivity index (χ0v) is 15.1. The molecule has 1 atom stereocenters. The summed E-state index contributed by atoms with van der Waals surface area (Å²) in [6, 6.07) is 16.0. The highest BCUT2D eigenvalue weighted by Crippen LogP contribution is 2.31. The van der Waals surface area contributed by atoms with Gasteiger partial charge in [-0.05, 0) is 42.8 Å². The number of nitrogens with zero attached hydrogens (tertiary/aromatic N) is 1. The van der Waals surface area contributed by atoms with E-state index in [4.69, 9.17) is 4.74 Å². The maximum atomic E-state index is 12.6. The van der Waals surface area contributed by atoms with Crippen LogP contribution < -0.4 is 10.0 Å². The van der Waals surface area contributed by atoms with Crippen LogP contribution in [-0.2, 0) is 10.0 Å². The minimum absolute atomic E-state index is 0.207. The van der Waals surface area contributed by atoms with Crippen molar-refractivity contribution in [2.24, 2.45) is 4.15 Å². The third-order valence-corrected chi connectivity index (χ3v) is 7.49. The Bertz CT molecular complexity index is 756. The van der Waals surface area contributed by atoms with Crippen LogP contribution in [0.15, 0.2) is 63.6 Å². The van der Waals surface area contributed by atoms with Gasteiger partial charge in [-0.2, -0.15) is 8.42 Å². The van der Waals surface area contributed by atoms with E-state index in [0.717, 1.165) is 24.3 Å². The van der Waals surface area contributed by atoms with Gasteiger partial charge in [0.05, 0.1) is 12.0 Å². The Labute approximate surface area is 139 Å². The Balaban J connectivity index is 2.39. The molecular formula is C17H21NO3PS+. The first-order valence-corrected chi connectivity index (χ1v) is 10.4. The van der Waals surface area contributed by atoms with E-state index >= 15 is 0 Å². The molecule has 0 bridgehead atoms. The van der Waals surface area contributed by atoms with Crippen molar-refractivity contribution in [2.75, 3.05) is 13.3 Å². The van der Waals surface area contributed by atoms with Gasteiger partial charge in [0, 0.05) is 4.15 Å². The second-order valence-corrected chi connectivity index (χ2v) is 8.88. The Morgan fingerprint density at radius 2 is 1.70 bits per heavy atom. The van der Waals surface area contributed by atoms with Gasteiger partial charge in [0.25, 0.3) is 7.71 Å². The first-order chi connectivity index (χ1) is 11.1. The first-order valence-electron chi connectivity index (χ1n) is 7.51. The molecule has 0 heterocycles. The van der Waals surface area contributed by atoms with Gasteiger partial charge in [-0.1, -0.05) is 31.5 Å². The summed E-state index contributed by atoms with van der Waals surface area (Å²) in [5.74, 6) is 0.625. The molecule has 0 fully saturated rings. The summed E-state index contributed by atoms with van der Waals surface area (Å²) in [6.07, 6.45) is 2.76. The van der Waals surface area contributed by atoms with Crippen LogP contribution in [0, 0.1) is 0 Å². The van der Waals surface area contributed by atoms with Crippen LogP contribution in [0.3, 0.4) is 0 Å². The van der Waals surface area contributed by atoms with Gasteiger partial charge >= 0.3 is 10.0 Å². The summed E-state index contributed by atoms with van der Waals surface area (Å²) >= 11 is 0. The lowest BCUT2D eigenvalue weighted by Gasteiger charge is -2.01. The van der Waals surface area contributed by atoms with Crippen LogP contribution in [-0.4, -0.2) is 21.7 Å². The molecule has 6 heteroatoms. The molecule has 0 radical (unpaired) electrons. The number of ether oxygens (including phenoxy) is 1. The molecule has 0 aliphatic heterocycles. The summed E-state index contributed by atoms with van der Waals surface area (Å²) in [7, 11) is -3.19. The van der Waals surface area contributed by atoms with Crippen molar-refractivity contribution in [1.29, 1.82) is 0 Å². The summed E-state index contributed by atoms with van der Waals surface area (Å²) in [5.41, 5.74) is 0. The Kier molecular flexibility index (Phi) is 6.31. The molecule has 0 saturated carbocycles. The van der Waals surface area contributed by atoms with Gasteiger partial charge in [0.15, 0.2) is 5.30 Å².